The van der Waals surface area contributed by atoms with E-state index in [4.69, 9.17) is 17.0 Å². The first-order chi connectivity index (χ1) is 14.6. The predicted molar refractivity (Wildman–Crippen MR) is 124 cm³/mol. The van der Waals surface area contributed by atoms with Gasteiger partial charge in [0.2, 0.25) is 5.91 Å². The van der Waals surface area contributed by atoms with Crippen molar-refractivity contribution in [2.24, 2.45) is 0 Å². The normalized spacial score (nSPS) is 12.6. The minimum atomic E-state index is -0.362. The van der Waals surface area contributed by atoms with Crippen molar-refractivity contribution in [3.8, 4) is 5.69 Å². The number of hydrogen-bond acceptors (Lipinski definition) is 8. The number of ether oxygens (including phenoxy) is 1. The van der Waals surface area contributed by atoms with Gasteiger partial charge in [0, 0.05) is 4.88 Å². The zero-order chi connectivity index (χ0) is 21.1. The Kier molecular flexibility index (Phi) is 6.67. The summed E-state index contributed by atoms with van der Waals surface area (Å²) in [6.45, 7) is 2.09. The van der Waals surface area contributed by atoms with Gasteiger partial charge in [0.05, 0.1) is 23.6 Å². The lowest BCUT2D eigenvalue weighted by atomic mass is 10.1. The van der Waals surface area contributed by atoms with Crippen molar-refractivity contribution in [2.75, 3.05) is 17.7 Å². The maximum atomic E-state index is 12.6. The first-order valence-corrected chi connectivity index (χ1v) is 12.5. The van der Waals surface area contributed by atoms with E-state index in [0.717, 1.165) is 34.9 Å². The Labute approximate surface area is 191 Å². The summed E-state index contributed by atoms with van der Waals surface area (Å²) in [5.41, 5.74) is 2.44. The quantitative estimate of drug-likeness (QED) is 0.289. The number of benzene rings is 1. The van der Waals surface area contributed by atoms with Gasteiger partial charge < -0.3 is 10.1 Å². The Bertz CT molecular complexity index is 1130. The Hall–Kier alpha value is -2.01. The number of esters is 1. The number of fused-ring (bicyclic) bond motifs is 1. The third-order valence-electron chi connectivity index (χ3n) is 4.51. The molecule has 30 heavy (non-hydrogen) atoms. The highest BCUT2D eigenvalue weighted by molar-refractivity contribution is 8.01. The van der Waals surface area contributed by atoms with Gasteiger partial charge in [-0.2, -0.15) is 0 Å². The number of carbonyl (C=O) groups is 2. The average Bonchev–Trinajstić information content (AvgIpc) is 3.41. The lowest BCUT2D eigenvalue weighted by Gasteiger charge is -2.07. The number of nitrogens with zero attached hydrogens (tertiary/aromatic N) is 2. The van der Waals surface area contributed by atoms with Crippen molar-refractivity contribution in [3.05, 3.63) is 50.3 Å². The molecular weight excluding hydrogens is 459 g/mol. The second-order valence-corrected chi connectivity index (χ2v) is 10.5. The number of hydrogen-bond donors (Lipinski definition) is 1. The highest BCUT2D eigenvalue weighted by atomic mass is 32.2. The van der Waals surface area contributed by atoms with Crippen molar-refractivity contribution in [1.29, 1.82) is 0 Å². The maximum Gasteiger partial charge on any atom is 0.341 e. The van der Waals surface area contributed by atoms with Gasteiger partial charge in [-0.3, -0.25) is 4.79 Å². The Morgan fingerprint density at radius 2 is 2.07 bits per heavy atom. The monoisotopic (exact) mass is 477 g/mol. The molecule has 156 valence electrons. The molecule has 0 saturated carbocycles. The summed E-state index contributed by atoms with van der Waals surface area (Å²) in [5, 5.41) is 8.01. The topological polar surface area (TPSA) is 73.2 Å². The number of aryl methyl sites for hydroxylation is 1. The zero-order valence-electron chi connectivity index (χ0n) is 16.2. The van der Waals surface area contributed by atoms with Gasteiger partial charge in [-0.1, -0.05) is 41.3 Å². The highest BCUT2D eigenvalue weighted by Crippen LogP contribution is 2.39. The van der Waals surface area contributed by atoms with Crippen molar-refractivity contribution in [2.45, 2.75) is 30.5 Å². The van der Waals surface area contributed by atoms with Gasteiger partial charge in [-0.25, -0.2) is 9.48 Å². The summed E-state index contributed by atoms with van der Waals surface area (Å²) < 4.78 is 8.26. The molecular formula is C20H19N3O3S4. The Balaban J connectivity index is 1.44. The van der Waals surface area contributed by atoms with Gasteiger partial charge in [-0.15, -0.1) is 16.4 Å². The van der Waals surface area contributed by atoms with Gasteiger partial charge in [-0.05, 0) is 56.1 Å². The van der Waals surface area contributed by atoms with E-state index >= 15 is 0 Å². The molecule has 0 aliphatic heterocycles. The highest BCUT2D eigenvalue weighted by Gasteiger charge is 2.28. The molecule has 1 aliphatic carbocycles. The fraction of sp³-hybridized carbons (Fsp3) is 0.300. The van der Waals surface area contributed by atoms with Crippen LogP contribution in [0.2, 0.25) is 0 Å². The minimum absolute atomic E-state index is 0.182. The van der Waals surface area contributed by atoms with Crippen molar-refractivity contribution in [3.63, 3.8) is 0 Å². The molecule has 6 nitrogen and oxygen atoms in total. The summed E-state index contributed by atoms with van der Waals surface area (Å²) in [4.78, 5) is 26.2. The Morgan fingerprint density at radius 3 is 2.83 bits per heavy atom. The number of rotatable bonds is 7. The van der Waals surface area contributed by atoms with Crippen LogP contribution in [0.15, 0.2) is 34.7 Å². The van der Waals surface area contributed by atoms with Crippen molar-refractivity contribution < 1.29 is 14.3 Å². The van der Waals surface area contributed by atoms with E-state index in [0.29, 0.717) is 21.1 Å². The summed E-state index contributed by atoms with van der Waals surface area (Å²) in [7, 11) is 0. The number of thiophene rings is 1. The van der Waals surface area contributed by atoms with Crippen molar-refractivity contribution in [1.82, 2.24) is 9.78 Å². The molecule has 1 aliphatic rings. The Morgan fingerprint density at radius 1 is 1.27 bits per heavy atom. The molecule has 0 spiro atoms. The van der Waals surface area contributed by atoms with Gasteiger partial charge in [0.25, 0.3) is 0 Å². The van der Waals surface area contributed by atoms with E-state index in [1.165, 1.54) is 39.3 Å². The molecule has 1 aromatic carbocycles. The van der Waals surface area contributed by atoms with Gasteiger partial charge in [0.15, 0.2) is 8.29 Å². The second-order valence-electron chi connectivity index (χ2n) is 6.50. The minimum Gasteiger partial charge on any atom is -0.462 e. The molecule has 1 N–H and O–H groups in total. The first-order valence-electron chi connectivity index (χ1n) is 9.46. The van der Waals surface area contributed by atoms with Gasteiger partial charge in [0.1, 0.15) is 5.00 Å². The molecule has 0 radical (unpaired) electrons. The van der Waals surface area contributed by atoms with E-state index in [1.807, 2.05) is 30.3 Å². The molecule has 2 heterocycles. The lowest BCUT2D eigenvalue weighted by molar-refractivity contribution is -0.113. The molecule has 3 aromatic rings. The second kappa shape index (κ2) is 9.42. The van der Waals surface area contributed by atoms with E-state index in [-0.39, 0.29) is 17.6 Å². The zero-order valence-corrected chi connectivity index (χ0v) is 19.4. The summed E-state index contributed by atoms with van der Waals surface area (Å²) in [6, 6.07) is 9.66. The smallest absolute Gasteiger partial charge is 0.341 e. The van der Waals surface area contributed by atoms with Crippen LogP contribution in [0, 0.1) is 3.95 Å². The molecule has 1 amide bonds. The molecule has 0 fully saturated rings. The standard InChI is InChI=1S/C20H19N3O3S4/c1-2-26-18(25)16-13-9-6-10-14(13)29-17(16)21-15(24)11-28-19-22-23(20(27)30-19)12-7-4-3-5-8-12/h3-5,7-8H,2,6,9-11H2,1H3,(H,21,24). The van der Waals surface area contributed by atoms with Crippen LogP contribution >= 0.6 is 46.7 Å². The lowest BCUT2D eigenvalue weighted by Crippen LogP contribution is -2.16. The predicted octanol–water partition coefficient (Wildman–Crippen LogP) is 5.12. The van der Waals surface area contributed by atoms with Gasteiger partial charge >= 0.3 is 5.97 Å². The van der Waals surface area contributed by atoms with Crippen LogP contribution in [0.4, 0.5) is 5.00 Å². The number of thioether (sulfide) groups is 1. The molecule has 0 unspecified atom stereocenters. The van der Waals surface area contributed by atoms with Crippen LogP contribution in [0.5, 0.6) is 0 Å². The largest absolute Gasteiger partial charge is 0.462 e. The van der Waals surface area contributed by atoms with E-state index in [1.54, 1.807) is 11.6 Å². The first kappa shape index (κ1) is 21.2. The van der Waals surface area contributed by atoms with Crippen LogP contribution in [0.1, 0.15) is 34.1 Å². The summed E-state index contributed by atoms with van der Waals surface area (Å²) >= 11 is 9.58. The molecule has 2 aromatic heterocycles. The fourth-order valence-electron chi connectivity index (χ4n) is 3.25. The van der Waals surface area contributed by atoms with Crippen LogP contribution < -0.4 is 5.32 Å². The van der Waals surface area contributed by atoms with Crippen LogP contribution in [0.25, 0.3) is 5.69 Å². The SMILES string of the molecule is CCOC(=O)c1c(NC(=O)CSc2nn(-c3ccccc3)c(=S)s2)sc2c1CCC2. The third kappa shape index (κ3) is 4.51. The van der Waals surface area contributed by atoms with Crippen LogP contribution in [-0.4, -0.2) is 34.0 Å². The van der Waals surface area contributed by atoms with Crippen molar-refractivity contribution >= 4 is 63.5 Å². The number of nitrogens with one attached hydrogen (secondary N) is 1. The summed E-state index contributed by atoms with van der Waals surface area (Å²) in [5.74, 6) is -0.362. The molecule has 4 rings (SSSR count). The molecule has 10 heteroatoms. The molecule has 0 atom stereocenters. The van der Waals surface area contributed by atoms with E-state index < -0.39 is 0 Å². The van der Waals surface area contributed by atoms with E-state index in [2.05, 4.69) is 10.4 Å². The number of para-hydroxylation sites is 1. The maximum absolute atomic E-state index is 12.6. The number of aromatic nitrogens is 2. The van der Waals surface area contributed by atoms with E-state index in [9.17, 15) is 9.59 Å². The number of carbonyl (C=O) groups excluding carboxylic acids is 2. The molecule has 0 bridgehead atoms. The third-order valence-corrected chi connectivity index (χ3v) is 8.08. The molecule has 0 saturated heterocycles. The number of anilines is 1. The van der Waals surface area contributed by atoms with Crippen LogP contribution in [-0.2, 0) is 22.4 Å². The van der Waals surface area contributed by atoms with Crippen LogP contribution in [0.3, 0.4) is 0 Å². The number of amides is 1. The fourth-order valence-corrected chi connectivity index (χ4v) is 6.71. The average molecular weight is 478 g/mol. The summed E-state index contributed by atoms with van der Waals surface area (Å²) in [6.07, 6.45) is 2.83.